The fraction of sp³-hybridized carbons (Fsp3) is 0.381. The van der Waals surface area contributed by atoms with Crippen molar-refractivity contribution < 1.29 is 9.90 Å². The molecule has 4 N–H and O–H groups in total. The molecule has 0 spiro atoms. The number of hydrogen-bond donors (Lipinski definition) is 3. The molecule has 0 heterocycles. The Morgan fingerprint density at radius 3 is 2.59 bits per heavy atom. The normalized spacial score (nSPS) is 16.6. The van der Waals surface area contributed by atoms with E-state index in [1.807, 2.05) is 6.07 Å². The van der Waals surface area contributed by atoms with Gasteiger partial charge >= 0.3 is 0 Å². The van der Waals surface area contributed by atoms with Crippen LogP contribution in [0.3, 0.4) is 0 Å². The van der Waals surface area contributed by atoms with Crippen LogP contribution in [0.15, 0.2) is 54.4 Å². The zero-order valence-corrected chi connectivity index (χ0v) is 16.8. The van der Waals surface area contributed by atoms with E-state index in [2.05, 4.69) is 11.9 Å². The summed E-state index contributed by atoms with van der Waals surface area (Å²) in [6.07, 6.45) is 10.0. The van der Waals surface area contributed by atoms with Gasteiger partial charge in [0.25, 0.3) is 0 Å². The average Bonchev–Trinajstić information content (AvgIpc) is 3.16. The average molecular weight is 409 g/mol. The first kappa shape index (κ1) is 21.5. The predicted molar refractivity (Wildman–Crippen MR) is 112 cm³/mol. The number of hydrogen-bond acceptors (Lipinski definition) is 3. The van der Waals surface area contributed by atoms with Crippen molar-refractivity contribution in [2.45, 2.75) is 38.0 Å². The Balaban J connectivity index is 2.14. The summed E-state index contributed by atoms with van der Waals surface area (Å²) in [6, 6.07) is 5.35. The van der Waals surface area contributed by atoms with Crippen molar-refractivity contribution in [3.05, 3.63) is 70.0 Å². The lowest BCUT2D eigenvalue weighted by atomic mass is 9.87. The number of aliphatic hydroxyl groups is 1. The van der Waals surface area contributed by atoms with Crippen LogP contribution in [0, 0.1) is 5.92 Å². The Hall–Kier alpha value is -1.75. The highest BCUT2D eigenvalue weighted by Crippen LogP contribution is 2.36. The molecule has 27 heavy (non-hydrogen) atoms. The quantitative estimate of drug-likeness (QED) is 0.546. The first-order valence-electron chi connectivity index (χ1n) is 9.09. The lowest BCUT2D eigenvalue weighted by molar-refractivity contribution is -0.122. The molecule has 0 unspecified atom stereocenters. The largest absolute Gasteiger partial charge is 0.404 e. The molecule has 1 aliphatic rings. The van der Waals surface area contributed by atoms with Crippen molar-refractivity contribution in [3.8, 4) is 0 Å². The van der Waals surface area contributed by atoms with Gasteiger partial charge in [-0.3, -0.25) is 4.79 Å². The summed E-state index contributed by atoms with van der Waals surface area (Å²) in [4.78, 5) is 13.0. The summed E-state index contributed by atoms with van der Waals surface area (Å²) < 4.78 is 0. The van der Waals surface area contributed by atoms with Crippen molar-refractivity contribution >= 4 is 29.1 Å². The van der Waals surface area contributed by atoms with Gasteiger partial charge in [0.05, 0.1) is 22.6 Å². The van der Waals surface area contributed by atoms with Crippen LogP contribution in [-0.2, 0) is 4.79 Å². The summed E-state index contributed by atoms with van der Waals surface area (Å²) >= 11 is 12.2. The molecule has 0 aromatic heterocycles. The fourth-order valence-electron chi connectivity index (χ4n) is 3.36. The number of nitrogens with one attached hydrogen (secondary N) is 1. The first-order chi connectivity index (χ1) is 12.9. The third-order valence-electron chi connectivity index (χ3n) is 4.89. The van der Waals surface area contributed by atoms with Crippen LogP contribution < -0.4 is 11.1 Å². The zero-order chi connectivity index (χ0) is 19.8. The number of amides is 1. The van der Waals surface area contributed by atoms with E-state index < -0.39 is 0 Å². The molecule has 1 amide bonds. The van der Waals surface area contributed by atoms with Gasteiger partial charge in [0.1, 0.15) is 0 Å². The number of halogens is 2. The Bertz CT molecular complexity index is 738. The van der Waals surface area contributed by atoms with Gasteiger partial charge in [0, 0.05) is 5.70 Å². The second kappa shape index (κ2) is 10.5. The highest BCUT2D eigenvalue weighted by Gasteiger charge is 2.27. The number of rotatable bonds is 8. The van der Waals surface area contributed by atoms with E-state index in [9.17, 15) is 4.79 Å². The molecule has 0 bridgehead atoms. The van der Waals surface area contributed by atoms with Crippen molar-refractivity contribution in [2.75, 3.05) is 6.61 Å². The van der Waals surface area contributed by atoms with E-state index in [0.717, 1.165) is 24.8 Å². The summed E-state index contributed by atoms with van der Waals surface area (Å²) in [5, 5.41) is 12.9. The molecule has 6 heteroatoms. The minimum atomic E-state index is -0.324. The van der Waals surface area contributed by atoms with Crippen LogP contribution in [0.25, 0.3) is 0 Å². The predicted octanol–water partition coefficient (Wildman–Crippen LogP) is 4.68. The number of carbonyl (C=O) groups excluding carboxylic acids is 1. The third kappa shape index (κ3) is 6.42. The second-order valence-electron chi connectivity index (χ2n) is 6.86. The van der Waals surface area contributed by atoms with E-state index in [4.69, 9.17) is 34.0 Å². The minimum absolute atomic E-state index is 0.128. The molecule has 4 nitrogen and oxygen atoms in total. The molecule has 0 radical (unpaired) electrons. The SMILES string of the molecule is C=C(/C=C\C(=C/N)CO)NC(=O)[C@H](CC1CCCC1)c1ccc(Cl)c(Cl)c1. The van der Waals surface area contributed by atoms with Crippen LogP contribution in [-0.4, -0.2) is 17.6 Å². The van der Waals surface area contributed by atoms with Gasteiger partial charge in [-0.25, -0.2) is 0 Å². The van der Waals surface area contributed by atoms with Gasteiger partial charge in [-0.2, -0.15) is 0 Å². The van der Waals surface area contributed by atoms with Gasteiger partial charge in [-0.05, 0) is 47.9 Å². The molecule has 0 aliphatic heterocycles. The van der Waals surface area contributed by atoms with Crippen LogP contribution >= 0.6 is 23.2 Å². The maximum Gasteiger partial charge on any atom is 0.231 e. The van der Waals surface area contributed by atoms with Crippen LogP contribution in [0.1, 0.15) is 43.6 Å². The smallest absolute Gasteiger partial charge is 0.231 e. The molecule has 1 fully saturated rings. The van der Waals surface area contributed by atoms with Gasteiger partial charge in [0.2, 0.25) is 5.91 Å². The highest BCUT2D eigenvalue weighted by atomic mass is 35.5. The Labute approximate surface area is 170 Å². The number of benzene rings is 1. The fourth-order valence-corrected chi connectivity index (χ4v) is 3.67. The highest BCUT2D eigenvalue weighted by molar-refractivity contribution is 6.42. The van der Waals surface area contributed by atoms with E-state index in [1.165, 1.54) is 19.0 Å². The van der Waals surface area contributed by atoms with Crippen LogP contribution in [0.5, 0.6) is 0 Å². The van der Waals surface area contributed by atoms with E-state index in [0.29, 0.717) is 27.2 Å². The third-order valence-corrected chi connectivity index (χ3v) is 5.62. The Morgan fingerprint density at radius 2 is 2.00 bits per heavy atom. The Kier molecular flexibility index (Phi) is 8.42. The van der Waals surface area contributed by atoms with E-state index in [-0.39, 0.29) is 18.4 Å². The van der Waals surface area contributed by atoms with Gasteiger partial charge in [-0.15, -0.1) is 0 Å². The van der Waals surface area contributed by atoms with Crippen molar-refractivity contribution in [3.63, 3.8) is 0 Å². The molecule has 1 aromatic rings. The maximum absolute atomic E-state index is 13.0. The molecule has 2 rings (SSSR count). The second-order valence-corrected chi connectivity index (χ2v) is 7.67. The molecular formula is C21H26Cl2N2O2. The van der Waals surface area contributed by atoms with Gasteiger partial charge < -0.3 is 16.2 Å². The van der Waals surface area contributed by atoms with Crippen molar-refractivity contribution in [1.29, 1.82) is 0 Å². The van der Waals surface area contributed by atoms with E-state index >= 15 is 0 Å². The van der Waals surface area contributed by atoms with Crippen LogP contribution in [0.4, 0.5) is 0 Å². The van der Waals surface area contributed by atoms with Crippen molar-refractivity contribution in [1.82, 2.24) is 5.32 Å². The van der Waals surface area contributed by atoms with Crippen molar-refractivity contribution in [2.24, 2.45) is 11.7 Å². The maximum atomic E-state index is 13.0. The number of nitrogens with two attached hydrogens (primary N) is 1. The summed E-state index contributed by atoms with van der Waals surface area (Å²) in [6.45, 7) is 3.68. The zero-order valence-electron chi connectivity index (χ0n) is 15.3. The first-order valence-corrected chi connectivity index (χ1v) is 9.84. The monoisotopic (exact) mass is 408 g/mol. The lowest BCUT2D eigenvalue weighted by Crippen LogP contribution is -2.29. The molecule has 146 valence electrons. The molecule has 1 aliphatic carbocycles. The van der Waals surface area contributed by atoms with Gasteiger partial charge in [0.15, 0.2) is 0 Å². The van der Waals surface area contributed by atoms with Crippen LogP contribution in [0.2, 0.25) is 10.0 Å². The molecule has 1 saturated carbocycles. The summed E-state index contributed by atoms with van der Waals surface area (Å²) in [5.41, 5.74) is 7.22. The molecule has 0 saturated heterocycles. The standard InChI is InChI=1S/C21H26Cl2N2O2/c1-14(6-7-16(12-24)13-26)25-21(27)18(10-15-4-2-3-5-15)17-8-9-19(22)20(23)11-17/h6-9,11-12,15,18,26H,1-5,10,13,24H2,(H,25,27)/b7-6-,16-12+/t18-/m1/s1. The number of aliphatic hydroxyl groups excluding tert-OH is 1. The molecule has 1 aromatic carbocycles. The molecule has 1 atom stereocenters. The van der Waals surface area contributed by atoms with E-state index in [1.54, 1.807) is 24.3 Å². The van der Waals surface area contributed by atoms with Gasteiger partial charge in [-0.1, -0.05) is 67.6 Å². The number of carbonyl (C=O) groups is 1. The lowest BCUT2D eigenvalue weighted by Gasteiger charge is -2.21. The Morgan fingerprint density at radius 1 is 1.30 bits per heavy atom. The molecular weight excluding hydrogens is 383 g/mol. The summed E-state index contributed by atoms with van der Waals surface area (Å²) in [7, 11) is 0. The minimum Gasteiger partial charge on any atom is -0.404 e. The topological polar surface area (TPSA) is 75.3 Å². The summed E-state index contributed by atoms with van der Waals surface area (Å²) in [5.74, 6) is 0.0766. The number of allylic oxidation sites excluding steroid dienone is 1.